The van der Waals surface area contributed by atoms with Crippen LogP contribution in [0.25, 0.3) is 0 Å². The van der Waals surface area contributed by atoms with Gasteiger partial charge in [0.05, 0.1) is 5.69 Å². The molecule has 3 heteroatoms. The first-order chi connectivity index (χ1) is 8.66. The molecule has 0 aliphatic carbocycles. The van der Waals surface area contributed by atoms with E-state index in [1.165, 1.54) is 11.1 Å². The van der Waals surface area contributed by atoms with Crippen LogP contribution in [-0.4, -0.2) is 9.78 Å². The minimum Gasteiger partial charge on any atom is -0.268 e. The van der Waals surface area contributed by atoms with Crippen molar-refractivity contribution >= 4 is 0 Å². The molecule has 1 aromatic heterocycles. The molecule has 0 N–H and O–H groups in total. The number of aromatic nitrogens is 2. The Labute approximate surface area is 107 Å². The number of hydrogen-bond donors (Lipinski definition) is 0. The molecule has 0 aliphatic heterocycles. The summed E-state index contributed by atoms with van der Waals surface area (Å²) in [6.07, 6.45) is 1.91. The van der Waals surface area contributed by atoms with Crippen molar-refractivity contribution in [3.63, 3.8) is 0 Å². The van der Waals surface area contributed by atoms with E-state index in [9.17, 15) is 4.79 Å². The Morgan fingerprint density at radius 1 is 1.11 bits per heavy atom. The van der Waals surface area contributed by atoms with Crippen LogP contribution in [0.15, 0.2) is 41.2 Å². The highest BCUT2D eigenvalue weighted by atomic mass is 16.1. The lowest BCUT2D eigenvalue weighted by molar-refractivity contribution is 0.542. The smallest absolute Gasteiger partial charge is 0.266 e. The zero-order valence-corrected chi connectivity index (χ0v) is 10.9. The fraction of sp³-hybridized carbons (Fsp3) is 0.333. The molecule has 0 saturated carbocycles. The van der Waals surface area contributed by atoms with Crippen LogP contribution in [0.4, 0.5) is 0 Å². The van der Waals surface area contributed by atoms with E-state index in [0.29, 0.717) is 6.54 Å². The summed E-state index contributed by atoms with van der Waals surface area (Å²) < 4.78 is 1.55. The maximum atomic E-state index is 11.6. The number of aryl methyl sites for hydroxylation is 4. The second-order valence-corrected chi connectivity index (χ2v) is 4.57. The highest BCUT2D eigenvalue weighted by Gasteiger charge is 2.00. The highest BCUT2D eigenvalue weighted by molar-refractivity contribution is 5.25. The van der Waals surface area contributed by atoms with Crippen LogP contribution in [0.2, 0.25) is 0 Å². The van der Waals surface area contributed by atoms with E-state index in [0.717, 1.165) is 18.5 Å². The molecule has 3 nitrogen and oxygen atoms in total. The third kappa shape index (κ3) is 3.06. The molecule has 0 fully saturated rings. The van der Waals surface area contributed by atoms with Crippen LogP contribution < -0.4 is 5.56 Å². The van der Waals surface area contributed by atoms with Crippen LogP contribution in [0, 0.1) is 13.8 Å². The SMILES string of the molecule is Cc1ccc(=O)n(CCCc2ccccc2C)n1. The topological polar surface area (TPSA) is 34.9 Å². The van der Waals surface area contributed by atoms with Gasteiger partial charge in [-0.3, -0.25) is 4.79 Å². The van der Waals surface area contributed by atoms with Gasteiger partial charge in [-0.05, 0) is 43.9 Å². The summed E-state index contributed by atoms with van der Waals surface area (Å²) in [5.41, 5.74) is 3.51. The molecule has 0 unspecified atom stereocenters. The maximum absolute atomic E-state index is 11.6. The Hall–Kier alpha value is -1.90. The molecule has 0 bridgehead atoms. The molecule has 2 rings (SSSR count). The van der Waals surface area contributed by atoms with Crippen LogP contribution in [-0.2, 0) is 13.0 Å². The fourth-order valence-electron chi connectivity index (χ4n) is 2.02. The zero-order chi connectivity index (χ0) is 13.0. The van der Waals surface area contributed by atoms with E-state index < -0.39 is 0 Å². The highest BCUT2D eigenvalue weighted by Crippen LogP contribution is 2.09. The van der Waals surface area contributed by atoms with Crippen molar-refractivity contribution in [3.05, 3.63) is 63.6 Å². The standard InChI is InChI=1S/C15H18N2O/c1-12-6-3-4-7-14(12)8-5-11-17-15(18)10-9-13(2)16-17/h3-4,6-7,9-10H,5,8,11H2,1-2H3. The van der Waals surface area contributed by atoms with Crippen molar-refractivity contribution in [2.75, 3.05) is 0 Å². The average Bonchev–Trinajstić information content (AvgIpc) is 2.36. The second-order valence-electron chi connectivity index (χ2n) is 4.57. The van der Waals surface area contributed by atoms with Gasteiger partial charge in [0.25, 0.3) is 5.56 Å². The van der Waals surface area contributed by atoms with Crippen molar-refractivity contribution in [1.29, 1.82) is 0 Å². The molecule has 18 heavy (non-hydrogen) atoms. The molecule has 1 heterocycles. The summed E-state index contributed by atoms with van der Waals surface area (Å²) in [6.45, 7) is 4.69. The molecule has 2 aromatic rings. The zero-order valence-electron chi connectivity index (χ0n) is 10.9. The van der Waals surface area contributed by atoms with Crippen molar-refractivity contribution in [2.24, 2.45) is 0 Å². The third-order valence-electron chi connectivity index (χ3n) is 3.08. The first-order valence-corrected chi connectivity index (χ1v) is 6.26. The monoisotopic (exact) mass is 242 g/mol. The van der Waals surface area contributed by atoms with Crippen molar-refractivity contribution < 1.29 is 0 Å². The lowest BCUT2D eigenvalue weighted by Gasteiger charge is -2.07. The van der Waals surface area contributed by atoms with Gasteiger partial charge in [0, 0.05) is 12.6 Å². The lowest BCUT2D eigenvalue weighted by Crippen LogP contribution is -2.22. The fourth-order valence-corrected chi connectivity index (χ4v) is 2.02. The second kappa shape index (κ2) is 5.63. The van der Waals surface area contributed by atoms with Crippen LogP contribution in [0.1, 0.15) is 23.2 Å². The van der Waals surface area contributed by atoms with Gasteiger partial charge in [0.15, 0.2) is 0 Å². The van der Waals surface area contributed by atoms with Gasteiger partial charge in [0.2, 0.25) is 0 Å². The molecule has 0 aliphatic rings. The predicted molar refractivity (Wildman–Crippen MR) is 72.7 cm³/mol. The summed E-state index contributed by atoms with van der Waals surface area (Å²) in [5, 5.41) is 4.23. The number of nitrogens with zero attached hydrogens (tertiary/aromatic N) is 2. The quantitative estimate of drug-likeness (QED) is 0.825. The van der Waals surface area contributed by atoms with Gasteiger partial charge in [-0.2, -0.15) is 5.10 Å². The Morgan fingerprint density at radius 3 is 2.67 bits per heavy atom. The summed E-state index contributed by atoms with van der Waals surface area (Å²) in [6, 6.07) is 11.7. The van der Waals surface area contributed by atoms with E-state index in [2.05, 4.69) is 30.2 Å². The molecular weight excluding hydrogens is 224 g/mol. The summed E-state index contributed by atoms with van der Waals surface area (Å²) in [7, 11) is 0. The molecule has 0 saturated heterocycles. The summed E-state index contributed by atoms with van der Waals surface area (Å²) in [5.74, 6) is 0. The number of benzene rings is 1. The Bertz CT molecular complexity index is 587. The summed E-state index contributed by atoms with van der Waals surface area (Å²) in [4.78, 5) is 11.6. The van der Waals surface area contributed by atoms with Gasteiger partial charge in [-0.1, -0.05) is 24.3 Å². The van der Waals surface area contributed by atoms with Crippen molar-refractivity contribution in [2.45, 2.75) is 33.2 Å². The van der Waals surface area contributed by atoms with Crippen molar-refractivity contribution in [1.82, 2.24) is 9.78 Å². The van der Waals surface area contributed by atoms with E-state index in [1.807, 2.05) is 13.0 Å². The molecule has 0 amide bonds. The first-order valence-electron chi connectivity index (χ1n) is 6.26. The molecule has 0 atom stereocenters. The van der Waals surface area contributed by atoms with Crippen LogP contribution >= 0.6 is 0 Å². The Morgan fingerprint density at radius 2 is 1.89 bits per heavy atom. The van der Waals surface area contributed by atoms with Crippen molar-refractivity contribution in [3.8, 4) is 0 Å². The largest absolute Gasteiger partial charge is 0.268 e. The summed E-state index contributed by atoms with van der Waals surface area (Å²) >= 11 is 0. The minimum absolute atomic E-state index is 0.0228. The Balaban J connectivity index is 1.99. The average molecular weight is 242 g/mol. The third-order valence-corrected chi connectivity index (χ3v) is 3.08. The number of rotatable bonds is 4. The molecule has 94 valence electrons. The van der Waals surface area contributed by atoms with Gasteiger partial charge < -0.3 is 0 Å². The molecular formula is C15H18N2O. The molecule has 1 aromatic carbocycles. The first kappa shape index (κ1) is 12.6. The van der Waals surface area contributed by atoms with Gasteiger partial charge in [-0.15, -0.1) is 0 Å². The van der Waals surface area contributed by atoms with Gasteiger partial charge in [0.1, 0.15) is 0 Å². The maximum Gasteiger partial charge on any atom is 0.266 e. The van der Waals surface area contributed by atoms with E-state index in [-0.39, 0.29) is 5.56 Å². The van der Waals surface area contributed by atoms with Gasteiger partial charge in [-0.25, -0.2) is 4.68 Å². The number of hydrogen-bond acceptors (Lipinski definition) is 2. The van der Waals surface area contributed by atoms with Gasteiger partial charge >= 0.3 is 0 Å². The lowest BCUT2D eigenvalue weighted by atomic mass is 10.0. The van der Waals surface area contributed by atoms with Crippen LogP contribution in [0.5, 0.6) is 0 Å². The molecule has 0 spiro atoms. The molecule has 0 radical (unpaired) electrons. The normalized spacial score (nSPS) is 10.6. The van der Waals surface area contributed by atoms with Crippen LogP contribution in [0.3, 0.4) is 0 Å². The van der Waals surface area contributed by atoms with E-state index >= 15 is 0 Å². The minimum atomic E-state index is -0.0228. The van der Waals surface area contributed by atoms with E-state index in [4.69, 9.17) is 0 Å². The predicted octanol–water partition coefficient (Wildman–Crippen LogP) is 2.49. The van der Waals surface area contributed by atoms with E-state index in [1.54, 1.807) is 16.8 Å². The Kier molecular flexibility index (Phi) is 3.92.